The molecule has 2 aromatic rings. The molecule has 1 heterocycles. The molecule has 0 aliphatic heterocycles. The second-order valence-corrected chi connectivity index (χ2v) is 4.87. The summed E-state index contributed by atoms with van der Waals surface area (Å²) in [7, 11) is 3.73. The zero-order chi connectivity index (χ0) is 13.1. The normalized spacial score (nSPS) is 12.7. The molecular formula is C12H14BrFN4. The lowest BCUT2D eigenvalue weighted by Gasteiger charge is -2.16. The Balaban J connectivity index is 2.23. The van der Waals surface area contributed by atoms with Crippen molar-refractivity contribution in [2.45, 2.75) is 12.5 Å². The molecule has 0 radical (unpaired) electrons. The summed E-state index contributed by atoms with van der Waals surface area (Å²) < 4.78 is 15.4. The minimum absolute atomic E-state index is 0.0739. The highest BCUT2D eigenvalue weighted by molar-refractivity contribution is 9.10. The summed E-state index contributed by atoms with van der Waals surface area (Å²) in [5.41, 5.74) is 1.01. The minimum Gasteiger partial charge on any atom is -0.313 e. The topological polar surface area (TPSA) is 42.7 Å². The number of nitrogens with one attached hydrogen (secondary N) is 1. The smallest absolute Gasteiger partial charge is 0.138 e. The van der Waals surface area contributed by atoms with Crippen molar-refractivity contribution in [2.75, 3.05) is 7.05 Å². The van der Waals surface area contributed by atoms with Gasteiger partial charge < -0.3 is 5.32 Å². The van der Waals surface area contributed by atoms with Crippen LogP contribution in [0.3, 0.4) is 0 Å². The number of hydrogen-bond acceptors (Lipinski definition) is 3. The summed E-state index contributed by atoms with van der Waals surface area (Å²) in [5.74, 6) is 0.627. The Morgan fingerprint density at radius 1 is 1.50 bits per heavy atom. The molecule has 1 aromatic carbocycles. The van der Waals surface area contributed by atoms with Crippen molar-refractivity contribution >= 4 is 15.9 Å². The van der Waals surface area contributed by atoms with Crippen molar-refractivity contribution in [1.29, 1.82) is 0 Å². The van der Waals surface area contributed by atoms with Gasteiger partial charge >= 0.3 is 0 Å². The maximum atomic E-state index is 13.2. The third-order valence-electron chi connectivity index (χ3n) is 2.89. The van der Waals surface area contributed by atoms with Crippen LogP contribution in [-0.4, -0.2) is 21.8 Å². The van der Waals surface area contributed by atoms with Crippen LogP contribution in [0.25, 0.3) is 0 Å². The molecule has 0 aliphatic rings. The van der Waals surface area contributed by atoms with E-state index in [9.17, 15) is 4.39 Å². The largest absolute Gasteiger partial charge is 0.313 e. The number of rotatable bonds is 4. The van der Waals surface area contributed by atoms with Crippen molar-refractivity contribution in [1.82, 2.24) is 20.1 Å². The summed E-state index contributed by atoms with van der Waals surface area (Å²) in [6.45, 7) is 0. The molecule has 96 valence electrons. The summed E-state index contributed by atoms with van der Waals surface area (Å²) in [4.78, 5) is 4.20. The molecule has 4 nitrogen and oxygen atoms in total. The van der Waals surface area contributed by atoms with Gasteiger partial charge in [0.15, 0.2) is 0 Å². The number of aryl methyl sites for hydroxylation is 1. The van der Waals surface area contributed by atoms with E-state index in [4.69, 9.17) is 0 Å². The third kappa shape index (κ3) is 2.76. The third-order valence-corrected chi connectivity index (χ3v) is 3.49. The van der Waals surface area contributed by atoms with E-state index in [-0.39, 0.29) is 11.9 Å². The first-order valence-electron chi connectivity index (χ1n) is 5.57. The van der Waals surface area contributed by atoms with Gasteiger partial charge in [-0.25, -0.2) is 9.37 Å². The van der Waals surface area contributed by atoms with Gasteiger partial charge in [0, 0.05) is 19.5 Å². The van der Waals surface area contributed by atoms with Crippen molar-refractivity contribution in [2.24, 2.45) is 7.05 Å². The Hall–Kier alpha value is -1.27. The molecule has 0 fully saturated rings. The maximum Gasteiger partial charge on any atom is 0.138 e. The number of nitrogens with zero attached hydrogens (tertiary/aromatic N) is 3. The lowest BCUT2D eigenvalue weighted by molar-refractivity contribution is 0.550. The molecule has 1 atom stereocenters. The van der Waals surface area contributed by atoms with Crippen molar-refractivity contribution in [3.05, 3.63) is 46.2 Å². The van der Waals surface area contributed by atoms with Gasteiger partial charge in [-0.05, 0) is 40.7 Å². The van der Waals surface area contributed by atoms with Crippen LogP contribution in [0.2, 0.25) is 0 Å². The summed E-state index contributed by atoms with van der Waals surface area (Å²) in [6.07, 6.45) is 2.23. The van der Waals surface area contributed by atoms with Gasteiger partial charge in [-0.1, -0.05) is 6.07 Å². The summed E-state index contributed by atoms with van der Waals surface area (Å²) >= 11 is 3.20. The first-order chi connectivity index (χ1) is 8.61. The fourth-order valence-corrected chi connectivity index (χ4v) is 2.20. The van der Waals surface area contributed by atoms with Gasteiger partial charge in [-0.2, -0.15) is 5.10 Å². The predicted octanol–water partition coefficient (Wildman–Crippen LogP) is 2.22. The molecule has 0 aliphatic carbocycles. The van der Waals surface area contributed by atoms with E-state index in [2.05, 4.69) is 31.3 Å². The van der Waals surface area contributed by atoms with Crippen molar-refractivity contribution in [3.63, 3.8) is 0 Å². The maximum absolute atomic E-state index is 13.2. The van der Waals surface area contributed by atoms with Crippen LogP contribution >= 0.6 is 15.9 Å². The van der Waals surface area contributed by atoms with E-state index in [1.807, 2.05) is 14.1 Å². The molecule has 0 bridgehead atoms. The van der Waals surface area contributed by atoms with E-state index < -0.39 is 0 Å². The number of likely N-dealkylation sites (N-methyl/N-ethyl adjacent to an activating group) is 1. The van der Waals surface area contributed by atoms with Gasteiger partial charge in [0.2, 0.25) is 0 Å². The van der Waals surface area contributed by atoms with E-state index in [1.165, 1.54) is 12.4 Å². The summed E-state index contributed by atoms with van der Waals surface area (Å²) in [5, 5.41) is 7.24. The molecule has 1 aromatic heterocycles. The molecule has 0 saturated carbocycles. The van der Waals surface area contributed by atoms with Crippen LogP contribution in [0.1, 0.15) is 17.4 Å². The van der Waals surface area contributed by atoms with E-state index in [1.54, 1.807) is 16.8 Å². The van der Waals surface area contributed by atoms with E-state index >= 15 is 0 Å². The van der Waals surface area contributed by atoms with Crippen LogP contribution in [0.15, 0.2) is 29.0 Å². The lowest BCUT2D eigenvalue weighted by atomic mass is 10.0. The Kier molecular flexibility index (Phi) is 4.08. The van der Waals surface area contributed by atoms with Crippen LogP contribution in [-0.2, 0) is 13.5 Å². The first kappa shape index (κ1) is 13.2. The average Bonchev–Trinajstić information content (AvgIpc) is 2.75. The first-order valence-corrected chi connectivity index (χ1v) is 6.36. The molecule has 18 heavy (non-hydrogen) atoms. The standard InChI is InChI=1S/C12H14BrFN4/c1-15-11(6-12-16-7-17-18(12)2)8-3-4-10(14)9(13)5-8/h3-5,7,11,15H,6H2,1-2H3. The quantitative estimate of drug-likeness (QED) is 0.941. The van der Waals surface area contributed by atoms with Gasteiger partial charge in [0.25, 0.3) is 0 Å². The van der Waals surface area contributed by atoms with Crippen LogP contribution < -0.4 is 5.32 Å². The number of halogens is 2. The Bertz CT molecular complexity index is 541. The van der Waals surface area contributed by atoms with Crippen molar-refractivity contribution < 1.29 is 4.39 Å². The Labute approximate surface area is 113 Å². The molecule has 2 rings (SSSR count). The molecular weight excluding hydrogens is 299 g/mol. The highest BCUT2D eigenvalue weighted by Gasteiger charge is 2.14. The number of benzene rings is 1. The SMILES string of the molecule is CNC(Cc1ncnn1C)c1ccc(F)c(Br)c1. The van der Waals surface area contributed by atoms with Crippen molar-refractivity contribution in [3.8, 4) is 0 Å². The fraction of sp³-hybridized carbons (Fsp3) is 0.333. The number of aromatic nitrogens is 3. The molecule has 0 spiro atoms. The van der Waals surface area contributed by atoms with Gasteiger partial charge in [0.05, 0.1) is 4.47 Å². The minimum atomic E-state index is -0.257. The highest BCUT2D eigenvalue weighted by atomic mass is 79.9. The molecule has 0 saturated heterocycles. The zero-order valence-electron chi connectivity index (χ0n) is 10.2. The zero-order valence-corrected chi connectivity index (χ0v) is 11.8. The number of hydrogen-bond donors (Lipinski definition) is 1. The Morgan fingerprint density at radius 3 is 2.83 bits per heavy atom. The fourth-order valence-electron chi connectivity index (χ4n) is 1.80. The molecule has 0 amide bonds. The van der Waals surface area contributed by atoms with Crippen LogP contribution in [0, 0.1) is 5.82 Å². The molecule has 1 N–H and O–H groups in total. The second-order valence-electron chi connectivity index (χ2n) is 4.02. The highest BCUT2D eigenvalue weighted by Crippen LogP contribution is 2.23. The lowest BCUT2D eigenvalue weighted by Crippen LogP contribution is -2.20. The van der Waals surface area contributed by atoms with Crippen LogP contribution in [0.4, 0.5) is 4.39 Å². The summed E-state index contributed by atoms with van der Waals surface area (Å²) in [6, 6.07) is 5.09. The van der Waals surface area contributed by atoms with Gasteiger partial charge in [0.1, 0.15) is 18.0 Å². The van der Waals surface area contributed by atoms with Gasteiger partial charge in [-0.3, -0.25) is 4.68 Å². The molecule has 1 unspecified atom stereocenters. The second kappa shape index (κ2) is 5.58. The monoisotopic (exact) mass is 312 g/mol. The predicted molar refractivity (Wildman–Crippen MR) is 70.6 cm³/mol. The van der Waals surface area contributed by atoms with E-state index in [0.29, 0.717) is 10.9 Å². The average molecular weight is 313 g/mol. The van der Waals surface area contributed by atoms with Crippen LogP contribution in [0.5, 0.6) is 0 Å². The van der Waals surface area contributed by atoms with E-state index in [0.717, 1.165) is 11.4 Å². The Morgan fingerprint density at radius 2 is 2.28 bits per heavy atom. The molecule has 6 heteroatoms. The van der Waals surface area contributed by atoms with Gasteiger partial charge in [-0.15, -0.1) is 0 Å².